The molecule has 7 heteroatoms. The van der Waals surface area contributed by atoms with E-state index in [0.717, 1.165) is 41.5 Å². The van der Waals surface area contributed by atoms with Gasteiger partial charge in [-0.05, 0) is 65.6 Å². The van der Waals surface area contributed by atoms with Crippen molar-refractivity contribution in [2.75, 3.05) is 0 Å². The lowest BCUT2D eigenvalue weighted by Gasteiger charge is -2.39. The third kappa shape index (κ3) is 6.45. The number of amides is 3. The van der Waals surface area contributed by atoms with Crippen LogP contribution >= 0.6 is 0 Å². The minimum absolute atomic E-state index is 0.0977. The standard InChI is InChI=1S/C34H39N3O4/c1-3-22(2)32(39)36-30(19-23-15-17-27(38)18-16-23)34(41)37-21-26-11-5-4-10-25(26)20-31(37)33(40)35-29-14-8-12-24-9-6-7-13-28(24)29/h4-7,9-11,13,15-18,22,29-31,38H,3,8,12,14,19-21H2,1-2H3,(H,35,40)(H,36,39)/t22-,29-,30+,31?/m1/s1. The van der Waals surface area contributed by atoms with Gasteiger partial charge in [0.15, 0.2) is 0 Å². The molecular formula is C34H39N3O4. The lowest BCUT2D eigenvalue weighted by molar-refractivity contribution is -0.145. The first-order chi connectivity index (χ1) is 19.8. The van der Waals surface area contributed by atoms with E-state index in [0.29, 0.717) is 19.4 Å². The Morgan fingerprint density at radius 1 is 0.951 bits per heavy atom. The highest BCUT2D eigenvalue weighted by Crippen LogP contribution is 2.31. The summed E-state index contributed by atoms with van der Waals surface area (Å²) in [7, 11) is 0. The van der Waals surface area contributed by atoms with E-state index in [9.17, 15) is 19.5 Å². The number of aromatic hydroxyl groups is 1. The van der Waals surface area contributed by atoms with Crippen molar-refractivity contribution in [3.05, 3.63) is 101 Å². The van der Waals surface area contributed by atoms with E-state index in [1.165, 1.54) is 5.56 Å². The van der Waals surface area contributed by atoms with Gasteiger partial charge in [-0.15, -0.1) is 0 Å². The fourth-order valence-corrected chi connectivity index (χ4v) is 5.93. The van der Waals surface area contributed by atoms with Gasteiger partial charge in [0.25, 0.3) is 0 Å². The van der Waals surface area contributed by atoms with Crippen molar-refractivity contribution in [1.82, 2.24) is 15.5 Å². The number of rotatable bonds is 8. The molecule has 3 aromatic carbocycles. The fourth-order valence-electron chi connectivity index (χ4n) is 5.93. The zero-order valence-electron chi connectivity index (χ0n) is 23.8. The van der Waals surface area contributed by atoms with Crippen LogP contribution in [0.25, 0.3) is 0 Å². The van der Waals surface area contributed by atoms with Crippen LogP contribution in [0.2, 0.25) is 0 Å². The van der Waals surface area contributed by atoms with Crippen molar-refractivity contribution in [3.63, 3.8) is 0 Å². The topological polar surface area (TPSA) is 98.7 Å². The maximum atomic E-state index is 14.3. The average Bonchev–Trinajstić information content (AvgIpc) is 3.00. The Morgan fingerprint density at radius 2 is 1.63 bits per heavy atom. The van der Waals surface area contributed by atoms with E-state index in [-0.39, 0.29) is 41.9 Å². The number of hydrogen-bond donors (Lipinski definition) is 3. The Labute approximate surface area is 242 Å². The molecule has 0 saturated carbocycles. The molecule has 2 aliphatic rings. The Bertz CT molecular complexity index is 1400. The van der Waals surface area contributed by atoms with Crippen LogP contribution in [0.3, 0.4) is 0 Å². The molecule has 3 amide bonds. The molecule has 214 valence electrons. The van der Waals surface area contributed by atoms with Crippen molar-refractivity contribution in [2.45, 2.75) is 77.0 Å². The van der Waals surface area contributed by atoms with Gasteiger partial charge < -0.3 is 20.6 Å². The third-order valence-electron chi connectivity index (χ3n) is 8.57. The van der Waals surface area contributed by atoms with Gasteiger partial charge >= 0.3 is 0 Å². The number of nitrogens with zero attached hydrogens (tertiary/aromatic N) is 1. The molecule has 1 unspecified atom stereocenters. The molecule has 4 atom stereocenters. The first-order valence-corrected chi connectivity index (χ1v) is 14.7. The number of benzene rings is 3. The number of hydrogen-bond acceptors (Lipinski definition) is 4. The number of aryl methyl sites for hydroxylation is 1. The van der Waals surface area contributed by atoms with Gasteiger partial charge in [-0.1, -0.05) is 74.5 Å². The molecule has 0 saturated heterocycles. The lowest BCUT2D eigenvalue weighted by atomic mass is 9.87. The largest absolute Gasteiger partial charge is 0.508 e. The monoisotopic (exact) mass is 553 g/mol. The molecule has 0 fully saturated rings. The van der Waals surface area contributed by atoms with E-state index in [2.05, 4.69) is 22.8 Å². The number of phenols is 1. The minimum Gasteiger partial charge on any atom is -0.508 e. The van der Waals surface area contributed by atoms with E-state index in [4.69, 9.17) is 0 Å². The van der Waals surface area contributed by atoms with Gasteiger partial charge in [0.2, 0.25) is 17.7 Å². The van der Waals surface area contributed by atoms with E-state index >= 15 is 0 Å². The van der Waals surface area contributed by atoms with Gasteiger partial charge in [0.05, 0.1) is 6.04 Å². The lowest BCUT2D eigenvalue weighted by Crippen LogP contribution is -2.58. The molecule has 0 radical (unpaired) electrons. The van der Waals surface area contributed by atoms with Gasteiger partial charge in [-0.2, -0.15) is 0 Å². The normalized spacial score (nSPS) is 19.3. The number of phenolic OH excluding ortho intramolecular Hbond substituents is 1. The molecule has 5 rings (SSSR count). The van der Waals surface area contributed by atoms with Crippen molar-refractivity contribution >= 4 is 17.7 Å². The van der Waals surface area contributed by atoms with Crippen LogP contribution in [0.5, 0.6) is 5.75 Å². The summed E-state index contributed by atoms with van der Waals surface area (Å²) in [6.45, 7) is 4.07. The summed E-state index contributed by atoms with van der Waals surface area (Å²) >= 11 is 0. The van der Waals surface area contributed by atoms with Crippen molar-refractivity contribution in [1.29, 1.82) is 0 Å². The second-order valence-electron chi connectivity index (χ2n) is 11.3. The second-order valence-corrected chi connectivity index (χ2v) is 11.3. The number of nitrogens with one attached hydrogen (secondary N) is 2. The minimum atomic E-state index is -0.850. The SMILES string of the molecule is CC[C@@H](C)C(=O)N[C@@H](Cc1ccc(O)cc1)C(=O)N1Cc2ccccc2CC1C(=O)N[C@@H]1CCCc2ccccc21. The highest BCUT2D eigenvalue weighted by Gasteiger charge is 2.39. The van der Waals surface area contributed by atoms with E-state index in [1.54, 1.807) is 29.2 Å². The molecule has 1 aliphatic carbocycles. The summed E-state index contributed by atoms with van der Waals surface area (Å²) in [5.74, 6) is -0.770. The van der Waals surface area contributed by atoms with Gasteiger partial charge in [-0.25, -0.2) is 0 Å². The quantitative estimate of drug-likeness (QED) is 0.379. The molecule has 1 aliphatic heterocycles. The zero-order valence-corrected chi connectivity index (χ0v) is 23.8. The Hall–Kier alpha value is -4.13. The smallest absolute Gasteiger partial charge is 0.246 e. The fraction of sp³-hybridized carbons (Fsp3) is 0.382. The summed E-state index contributed by atoms with van der Waals surface area (Å²) in [5.41, 5.74) is 5.27. The van der Waals surface area contributed by atoms with E-state index in [1.807, 2.05) is 50.2 Å². The van der Waals surface area contributed by atoms with Gasteiger partial charge in [0, 0.05) is 25.3 Å². The van der Waals surface area contributed by atoms with Crippen molar-refractivity contribution < 1.29 is 19.5 Å². The zero-order chi connectivity index (χ0) is 28.9. The Kier molecular flexibility index (Phi) is 8.72. The molecule has 0 aromatic heterocycles. The van der Waals surface area contributed by atoms with Crippen LogP contribution in [0, 0.1) is 5.92 Å². The Morgan fingerprint density at radius 3 is 2.37 bits per heavy atom. The van der Waals surface area contributed by atoms with Gasteiger partial charge in [0.1, 0.15) is 17.8 Å². The predicted octanol–water partition coefficient (Wildman–Crippen LogP) is 4.61. The van der Waals surface area contributed by atoms with Crippen LogP contribution in [0.15, 0.2) is 72.8 Å². The maximum absolute atomic E-state index is 14.3. The molecule has 7 nitrogen and oxygen atoms in total. The molecule has 3 N–H and O–H groups in total. The summed E-state index contributed by atoms with van der Waals surface area (Å²) in [5, 5.41) is 16.0. The summed E-state index contributed by atoms with van der Waals surface area (Å²) in [6, 6.07) is 21.2. The molecular weight excluding hydrogens is 514 g/mol. The molecule has 0 bridgehead atoms. The molecule has 41 heavy (non-hydrogen) atoms. The first-order valence-electron chi connectivity index (χ1n) is 14.7. The molecule has 0 spiro atoms. The highest BCUT2D eigenvalue weighted by molar-refractivity contribution is 5.93. The summed E-state index contributed by atoms with van der Waals surface area (Å²) in [4.78, 5) is 42.9. The van der Waals surface area contributed by atoms with E-state index < -0.39 is 12.1 Å². The number of fused-ring (bicyclic) bond motifs is 2. The second kappa shape index (κ2) is 12.6. The average molecular weight is 554 g/mol. The first kappa shape index (κ1) is 28.4. The molecule has 1 heterocycles. The van der Waals surface area contributed by atoms with Crippen molar-refractivity contribution in [3.8, 4) is 5.75 Å². The molecule has 3 aromatic rings. The number of carbonyl (C=O) groups is 3. The van der Waals surface area contributed by atoms with Crippen LogP contribution in [-0.2, 0) is 40.2 Å². The van der Waals surface area contributed by atoms with Crippen LogP contribution in [0.4, 0.5) is 0 Å². The van der Waals surface area contributed by atoms with Crippen LogP contribution < -0.4 is 10.6 Å². The predicted molar refractivity (Wildman–Crippen MR) is 158 cm³/mol. The maximum Gasteiger partial charge on any atom is 0.246 e. The summed E-state index contributed by atoms with van der Waals surface area (Å²) in [6.07, 6.45) is 4.16. The third-order valence-corrected chi connectivity index (χ3v) is 8.57. The van der Waals surface area contributed by atoms with Crippen LogP contribution in [0.1, 0.15) is 67.0 Å². The van der Waals surface area contributed by atoms with Crippen molar-refractivity contribution in [2.24, 2.45) is 5.92 Å². The van der Waals surface area contributed by atoms with Gasteiger partial charge in [-0.3, -0.25) is 14.4 Å². The van der Waals surface area contributed by atoms with Crippen LogP contribution in [-0.4, -0.2) is 39.8 Å². The highest BCUT2D eigenvalue weighted by atomic mass is 16.3. The summed E-state index contributed by atoms with van der Waals surface area (Å²) < 4.78 is 0. The number of carbonyl (C=O) groups excluding carboxylic acids is 3. The Balaban J connectivity index is 1.44.